The van der Waals surface area contributed by atoms with Crippen molar-refractivity contribution in [3.8, 4) is 0 Å². The molecule has 0 fully saturated rings. The van der Waals surface area contributed by atoms with Crippen LogP contribution >= 0.6 is 0 Å². The zero-order valence-corrected chi connectivity index (χ0v) is 9.02. The van der Waals surface area contributed by atoms with Crippen LogP contribution in [0.25, 0.3) is 0 Å². The third kappa shape index (κ3) is 3.13. The summed E-state index contributed by atoms with van der Waals surface area (Å²) >= 11 is 0. The Kier molecular flexibility index (Phi) is 4.60. The second-order valence-corrected chi connectivity index (χ2v) is 3.53. The smallest absolute Gasteiger partial charge is 0.142 e. The van der Waals surface area contributed by atoms with Gasteiger partial charge in [0.25, 0.3) is 0 Å². The van der Waals surface area contributed by atoms with Crippen LogP contribution in [0, 0.1) is 5.82 Å². The van der Waals surface area contributed by atoms with Crippen molar-refractivity contribution in [2.24, 2.45) is 0 Å². The van der Waals surface area contributed by atoms with Gasteiger partial charge in [-0.1, -0.05) is 0 Å². The van der Waals surface area contributed by atoms with E-state index in [1.807, 2.05) is 0 Å². The van der Waals surface area contributed by atoms with E-state index in [0.29, 0.717) is 13.0 Å². The first-order valence-electron chi connectivity index (χ1n) is 4.98. The molecule has 1 rings (SSSR count). The molecule has 16 heavy (non-hydrogen) atoms. The highest BCUT2D eigenvalue weighted by Gasteiger charge is 2.21. The standard InChI is InChI=1S/C10H16FN3O2/c1-13-3-2-8(15)9(16)7-4-6(11)5-14-10(7)12/h4-5,8-9,13,15-16H,2-3H2,1H3,(H2,12,14). The molecule has 1 aromatic heterocycles. The largest absolute Gasteiger partial charge is 0.390 e. The van der Waals surface area contributed by atoms with Gasteiger partial charge in [-0.05, 0) is 26.1 Å². The fourth-order valence-electron chi connectivity index (χ4n) is 1.36. The molecule has 0 bridgehead atoms. The van der Waals surface area contributed by atoms with Crippen LogP contribution in [-0.2, 0) is 0 Å². The molecule has 0 aliphatic rings. The van der Waals surface area contributed by atoms with Gasteiger partial charge in [0.2, 0.25) is 0 Å². The first-order valence-corrected chi connectivity index (χ1v) is 4.98. The number of aromatic nitrogens is 1. The lowest BCUT2D eigenvalue weighted by atomic mass is 10.0. The highest BCUT2D eigenvalue weighted by molar-refractivity contribution is 5.40. The molecule has 5 nitrogen and oxygen atoms in total. The summed E-state index contributed by atoms with van der Waals surface area (Å²) < 4.78 is 12.9. The normalized spacial score (nSPS) is 14.8. The van der Waals surface area contributed by atoms with Crippen LogP contribution in [0.3, 0.4) is 0 Å². The van der Waals surface area contributed by atoms with Gasteiger partial charge in [-0.15, -0.1) is 0 Å². The Labute approximate surface area is 93.1 Å². The number of halogens is 1. The van der Waals surface area contributed by atoms with Crippen LogP contribution in [0.2, 0.25) is 0 Å². The Bertz CT molecular complexity index is 349. The Morgan fingerprint density at radius 2 is 2.25 bits per heavy atom. The summed E-state index contributed by atoms with van der Waals surface area (Å²) in [4.78, 5) is 3.58. The number of anilines is 1. The molecule has 5 N–H and O–H groups in total. The van der Waals surface area contributed by atoms with E-state index in [0.717, 1.165) is 12.3 Å². The molecule has 2 unspecified atom stereocenters. The Balaban J connectivity index is 2.78. The summed E-state index contributed by atoms with van der Waals surface area (Å²) in [6.45, 7) is 0.543. The molecule has 0 saturated heterocycles. The van der Waals surface area contributed by atoms with Gasteiger partial charge in [0.1, 0.15) is 17.7 Å². The minimum absolute atomic E-state index is 0.0254. The number of hydrogen-bond donors (Lipinski definition) is 4. The van der Waals surface area contributed by atoms with Gasteiger partial charge in [-0.25, -0.2) is 9.37 Å². The lowest BCUT2D eigenvalue weighted by molar-refractivity contribution is 0.0141. The second-order valence-electron chi connectivity index (χ2n) is 3.53. The van der Waals surface area contributed by atoms with Crippen molar-refractivity contribution in [1.82, 2.24) is 10.3 Å². The number of nitrogens with zero attached hydrogens (tertiary/aromatic N) is 1. The van der Waals surface area contributed by atoms with Gasteiger partial charge in [0.15, 0.2) is 0 Å². The van der Waals surface area contributed by atoms with Crippen LogP contribution in [0.4, 0.5) is 10.2 Å². The molecule has 90 valence electrons. The van der Waals surface area contributed by atoms with Crippen LogP contribution in [0.5, 0.6) is 0 Å². The van der Waals surface area contributed by atoms with Crippen LogP contribution < -0.4 is 11.1 Å². The molecule has 0 spiro atoms. The first kappa shape index (κ1) is 12.8. The zero-order valence-electron chi connectivity index (χ0n) is 9.02. The predicted molar refractivity (Wildman–Crippen MR) is 58.1 cm³/mol. The number of aliphatic hydroxyl groups is 2. The number of aliphatic hydroxyl groups excluding tert-OH is 2. The van der Waals surface area contributed by atoms with Crippen molar-refractivity contribution in [1.29, 1.82) is 0 Å². The maximum absolute atomic E-state index is 12.9. The lowest BCUT2D eigenvalue weighted by Crippen LogP contribution is -2.24. The van der Waals surface area contributed by atoms with Gasteiger partial charge in [0.05, 0.1) is 12.3 Å². The quantitative estimate of drug-likeness (QED) is 0.561. The molecule has 0 aliphatic carbocycles. The zero-order chi connectivity index (χ0) is 12.1. The number of nitrogens with one attached hydrogen (secondary N) is 1. The summed E-state index contributed by atoms with van der Waals surface area (Å²) in [5.74, 6) is -0.568. The average Bonchev–Trinajstić information content (AvgIpc) is 2.28. The van der Waals surface area contributed by atoms with Gasteiger partial charge in [-0.2, -0.15) is 0 Å². The maximum Gasteiger partial charge on any atom is 0.142 e. The van der Waals surface area contributed by atoms with E-state index < -0.39 is 18.0 Å². The molecule has 1 aromatic rings. The molecular weight excluding hydrogens is 213 g/mol. The average molecular weight is 229 g/mol. The monoisotopic (exact) mass is 229 g/mol. The first-order chi connectivity index (χ1) is 7.56. The molecule has 0 aliphatic heterocycles. The van der Waals surface area contributed by atoms with Crippen molar-refractivity contribution in [3.05, 3.63) is 23.6 Å². The van der Waals surface area contributed by atoms with Gasteiger partial charge >= 0.3 is 0 Å². The van der Waals surface area contributed by atoms with E-state index in [2.05, 4.69) is 10.3 Å². The van der Waals surface area contributed by atoms with E-state index in [-0.39, 0.29) is 11.4 Å². The summed E-state index contributed by atoms with van der Waals surface area (Å²) in [5, 5.41) is 22.2. The van der Waals surface area contributed by atoms with Crippen molar-refractivity contribution in [3.63, 3.8) is 0 Å². The Morgan fingerprint density at radius 1 is 1.56 bits per heavy atom. The topological polar surface area (TPSA) is 91.4 Å². The minimum atomic E-state index is -1.23. The van der Waals surface area contributed by atoms with Crippen molar-refractivity contribution < 1.29 is 14.6 Å². The number of nitrogens with two attached hydrogens (primary N) is 1. The SMILES string of the molecule is CNCCC(O)C(O)c1cc(F)cnc1N. The highest BCUT2D eigenvalue weighted by Crippen LogP contribution is 2.23. The molecule has 0 amide bonds. The van der Waals surface area contributed by atoms with E-state index in [1.165, 1.54) is 0 Å². The second kappa shape index (κ2) is 5.74. The summed E-state index contributed by atoms with van der Waals surface area (Å²) in [6, 6.07) is 1.08. The van der Waals surface area contributed by atoms with Crippen LogP contribution in [0.1, 0.15) is 18.1 Å². The maximum atomic E-state index is 12.9. The summed E-state index contributed by atoms with van der Waals surface area (Å²) in [5.41, 5.74) is 5.61. The lowest BCUT2D eigenvalue weighted by Gasteiger charge is -2.18. The Morgan fingerprint density at radius 3 is 2.88 bits per heavy atom. The Hall–Kier alpha value is -1.24. The molecule has 0 radical (unpaired) electrons. The van der Waals surface area contributed by atoms with Crippen molar-refractivity contribution >= 4 is 5.82 Å². The number of hydrogen-bond acceptors (Lipinski definition) is 5. The van der Waals surface area contributed by atoms with E-state index in [9.17, 15) is 14.6 Å². The highest BCUT2D eigenvalue weighted by atomic mass is 19.1. The molecule has 1 heterocycles. The number of nitrogen functional groups attached to an aromatic ring is 1. The molecule has 6 heteroatoms. The number of pyridine rings is 1. The predicted octanol–water partition coefficient (Wildman–Crippen LogP) is -0.193. The number of rotatable bonds is 5. The van der Waals surface area contributed by atoms with Gasteiger partial charge in [0, 0.05) is 5.56 Å². The van der Waals surface area contributed by atoms with Crippen molar-refractivity contribution in [2.45, 2.75) is 18.6 Å². The fraction of sp³-hybridized carbons (Fsp3) is 0.500. The van der Waals surface area contributed by atoms with Crippen LogP contribution in [0.15, 0.2) is 12.3 Å². The molecule has 0 aromatic carbocycles. The van der Waals surface area contributed by atoms with Gasteiger partial charge < -0.3 is 21.3 Å². The fourth-order valence-corrected chi connectivity index (χ4v) is 1.36. The van der Waals surface area contributed by atoms with Gasteiger partial charge in [-0.3, -0.25) is 0 Å². The van der Waals surface area contributed by atoms with Crippen molar-refractivity contribution in [2.75, 3.05) is 19.3 Å². The van der Waals surface area contributed by atoms with E-state index in [1.54, 1.807) is 7.05 Å². The third-order valence-electron chi connectivity index (χ3n) is 2.29. The molecule has 0 saturated carbocycles. The van der Waals surface area contributed by atoms with E-state index in [4.69, 9.17) is 5.73 Å². The minimum Gasteiger partial charge on any atom is -0.390 e. The summed E-state index contributed by atoms with van der Waals surface area (Å²) in [6.07, 6.45) is -0.922. The van der Waals surface area contributed by atoms with E-state index >= 15 is 0 Å². The molecular formula is C10H16FN3O2. The van der Waals surface area contributed by atoms with Crippen LogP contribution in [-0.4, -0.2) is 34.9 Å². The molecule has 2 atom stereocenters. The summed E-state index contributed by atoms with van der Waals surface area (Å²) in [7, 11) is 1.73. The third-order valence-corrected chi connectivity index (χ3v) is 2.29.